The van der Waals surface area contributed by atoms with Crippen molar-refractivity contribution in [3.63, 3.8) is 0 Å². The lowest BCUT2D eigenvalue weighted by Crippen LogP contribution is -2.15. The highest BCUT2D eigenvalue weighted by atomic mass is 16.5. The Morgan fingerprint density at radius 3 is 2.35 bits per heavy atom. The predicted molar refractivity (Wildman–Crippen MR) is 59.5 cm³/mol. The maximum Gasteiger partial charge on any atom is 0.346 e. The highest BCUT2D eigenvalue weighted by molar-refractivity contribution is 6.13. The summed E-state index contributed by atoms with van der Waals surface area (Å²) in [6.45, 7) is 0. The van der Waals surface area contributed by atoms with Crippen LogP contribution in [0.25, 0.3) is 0 Å². The summed E-state index contributed by atoms with van der Waals surface area (Å²) in [7, 11) is 1.10. The number of aromatic hydroxyl groups is 1. The molecule has 1 aromatic carbocycles. The molecule has 0 amide bonds. The molecule has 0 aromatic heterocycles. The second kappa shape index (κ2) is 5.55. The van der Waals surface area contributed by atoms with Crippen LogP contribution in [0.15, 0.2) is 36.0 Å². The Morgan fingerprint density at radius 1 is 1.29 bits per heavy atom. The lowest BCUT2D eigenvalue weighted by Gasteiger charge is -2.03. The number of carboxylic acids is 1. The Morgan fingerprint density at radius 2 is 1.88 bits per heavy atom. The third-order valence-electron chi connectivity index (χ3n) is 1.89. The van der Waals surface area contributed by atoms with Gasteiger partial charge in [0.05, 0.1) is 7.11 Å². The summed E-state index contributed by atoms with van der Waals surface area (Å²) in [6, 6.07) is 5.91. The van der Waals surface area contributed by atoms with Crippen LogP contribution in [-0.2, 0) is 14.3 Å². The number of methoxy groups -OCH3 is 1. The zero-order valence-corrected chi connectivity index (χ0v) is 9.01. The monoisotopic (exact) mass is 237 g/mol. The number of aliphatic carboxylic acids is 1. The summed E-state index contributed by atoms with van der Waals surface area (Å²) in [5.41, 5.74) is 0.0195. The Bertz CT molecular complexity index is 449. The minimum Gasteiger partial charge on any atom is -0.508 e. The van der Waals surface area contributed by atoms with Crippen molar-refractivity contribution < 1.29 is 24.5 Å². The molecule has 3 N–H and O–H groups in total. The van der Waals surface area contributed by atoms with Crippen LogP contribution in [0.3, 0.4) is 0 Å². The van der Waals surface area contributed by atoms with Crippen LogP contribution in [0, 0.1) is 0 Å². The standard InChI is InChI=1S/C11H11NO5/c1-17-11(16)9(10(14)15)6-12-7-2-4-8(13)5-3-7/h2-6,12-13H,1H3,(H,14,15). The molecule has 0 saturated carbocycles. The number of carbonyl (C=O) groups is 2. The minimum atomic E-state index is -1.39. The number of carbonyl (C=O) groups excluding carboxylic acids is 1. The zero-order chi connectivity index (χ0) is 12.8. The third kappa shape index (κ3) is 3.53. The molecule has 6 heteroatoms. The first-order chi connectivity index (χ1) is 8.04. The van der Waals surface area contributed by atoms with Crippen LogP contribution in [0.2, 0.25) is 0 Å². The summed E-state index contributed by atoms with van der Waals surface area (Å²) in [5, 5.41) is 20.4. The van der Waals surface area contributed by atoms with Gasteiger partial charge in [-0.05, 0) is 24.3 Å². The number of phenols is 1. The van der Waals surface area contributed by atoms with Crippen LogP contribution in [0.1, 0.15) is 0 Å². The molecule has 0 spiro atoms. The number of benzene rings is 1. The van der Waals surface area contributed by atoms with Gasteiger partial charge < -0.3 is 20.3 Å². The molecule has 0 radical (unpaired) electrons. The summed E-state index contributed by atoms with van der Waals surface area (Å²) in [5.74, 6) is -2.24. The van der Waals surface area contributed by atoms with Gasteiger partial charge in [-0.3, -0.25) is 0 Å². The Kier molecular flexibility index (Phi) is 4.10. The largest absolute Gasteiger partial charge is 0.508 e. The maximum atomic E-state index is 11.1. The van der Waals surface area contributed by atoms with Gasteiger partial charge in [-0.15, -0.1) is 0 Å². The SMILES string of the molecule is COC(=O)C(=CNc1ccc(O)cc1)C(=O)O. The molecule has 0 aliphatic rings. The number of ether oxygens (including phenoxy) is 1. The van der Waals surface area contributed by atoms with E-state index < -0.39 is 17.5 Å². The first kappa shape index (κ1) is 12.6. The van der Waals surface area contributed by atoms with Gasteiger partial charge in [-0.25, -0.2) is 9.59 Å². The molecule has 1 aromatic rings. The van der Waals surface area contributed by atoms with Crippen molar-refractivity contribution in [1.82, 2.24) is 0 Å². The molecular weight excluding hydrogens is 226 g/mol. The van der Waals surface area contributed by atoms with Gasteiger partial charge in [-0.1, -0.05) is 0 Å². The molecule has 0 heterocycles. The Balaban J connectivity index is 2.83. The van der Waals surface area contributed by atoms with E-state index in [2.05, 4.69) is 10.1 Å². The highest BCUT2D eigenvalue weighted by Gasteiger charge is 2.17. The number of esters is 1. The fourth-order valence-corrected chi connectivity index (χ4v) is 1.03. The number of hydrogen-bond donors (Lipinski definition) is 3. The fraction of sp³-hybridized carbons (Fsp3) is 0.0909. The van der Waals surface area contributed by atoms with Crippen LogP contribution in [0.5, 0.6) is 5.75 Å². The van der Waals surface area contributed by atoms with Gasteiger partial charge in [0.25, 0.3) is 0 Å². The van der Waals surface area contributed by atoms with Gasteiger partial charge in [-0.2, -0.15) is 0 Å². The van der Waals surface area contributed by atoms with Crippen molar-refractivity contribution in [2.24, 2.45) is 0 Å². The van der Waals surface area contributed by atoms with Gasteiger partial charge in [0.15, 0.2) is 5.57 Å². The molecule has 0 unspecified atom stereocenters. The van der Waals surface area contributed by atoms with Crippen molar-refractivity contribution in [2.75, 3.05) is 12.4 Å². The second-order valence-electron chi connectivity index (χ2n) is 3.05. The lowest BCUT2D eigenvalue weighted by molar-refractivity contribution is -0.142. The lowest BCUT2D eigenvalue weighted by atomic mass is 10.2. The Hall–Kier alpha value is -2.50. The molecule has 0 bridgehead atoms. The van der Waals surface area contributed by atoms with E-state index in [1.807, 2.05) is 0 Å². The molecule has 0 saturated heterocycles. The highest BCUT2D eigenvalue weighted by Crippen LogP contribution is 2.14. The molecule has 17 heavy (non-hydrogen) atoms. The predicted octanol–water partition coefficient (Wildman–Crippen LogP) is 0.946. The second-order valence-corrected chi connectivity index (χ2v) is 3.05. The summed E-state index contributed by atoms with van der Waals surface area (Å²) in [4.78, 5) is 21.8. The number of nitrogens with one attached hydrogen (secondary N) is 1. The van der Waals surface area contributed by atoms with E-state index in [0.717, 1.165) is 13.3 Å². The summed E-state index contributed by atoms with van der Waals surface area (Å²) in [6.07, 6.45) is 1.03. The third-order valence-corrected chi connectivity index (χ3v) is 1.89. The van der Waals surface area contributed by atoms with Crippen molar-refractivity contribution in [3.05, 3.63) is 36.0 Å². The summed E-state index contributed by atoms with van der Waals surface area (Å²) >= 11 is 0. The molecule has 6 nitrogen and oxygen atoms in total. The van der Waals surface area contributed by atoms with Gasteiger partial charge in [0, 0.05) is 11.9 Å². The number of phenolic OH excluding ortho intramolecular Hbond substituents is 1. The Labute approximate surface area is 97.1 Å². The number of carboxylic acid groups (broad SMARTS) is 1. The fourth-order valence-electron chi connectivity index (χ4n) is 1.03. The van der Waals surface area contributed by atoms with Gasteiger partial charge in [0.2, 0.25) is 0 Å². The molecule has 0 aliphatic carbocycles. The van der Waals surface area contributed by atoms with E-state index in [1.165, 1.54) is 24.3 Å². The van der Waals surface area contributed by atoms with E-state index in [0.29, 0.717) is 5.69 Å². The smallest absolute Gasteiger partial charge is 0.346 e. The molecule has 0 fully saturated rings. The van der Waals surface area contributed by atoms with Crippen LogP contribution in [0.4, 0.5) is 5.69 Å². The van der Waals surface area contributed by atoms with Gasteiger partial charge >= 0.3 is 11.9 Å². The average molecular weight is 237 g/mol. The molecule has 0 aliphatic heterocycles. The number of anilines is 1. The zero-order valence-electron chi connectivity index (χ0n) is 9.01. The van der Waals surface area contributed by atoms with Crippen LogP contribution in [-0.4, -0.2) is 29.3 Å². The number of rotatable bonds is 4. The molecule has 0 atom stereocenters. The molecular formula is C11H11NO5. The topological polar surface area (TPSA) is 95.9 Å². The minimum absolute atomic E-state index is 0.0888. The average Bonchev–Trinajstić information content (AvgIpc) is 2.31. The van der Waals surface area contributed by atoms with Crippen molar-refractivity contribution in [3.8, 4) is 5.75 Å². The van der Waals surface area contributed by atoms with E-state index >= 15 is 0 Å². The van der Waals surface area contributed by atoms with Crippen molar-refractivity contribution in [2.45, 2.75) is 0 Å². The normalized spacial score (nSPS) is 10.8. The first-order valence-electron chi connectivity index (χ1n) is 4.62. The van der Waals surface area contributed by atoms with E-state index in [9.17, 15) is 9.59 Å². The van der Waals surface area contributed by atoms with Crippen molar-refractivity contribution in [1.29, 1.82) is 0 Å². The van der Waals surface area contributed by atoms with Crippen LogP contribution >= 0.6 is 0 Å². The van der Waals surface area contributed by atoms with E-state index in [1.54, 1.807) is 0 Å². The first-order valence-corrected chi connectivity index (χ1v) is 4.62. The van der Waals surface area contributed by atoms with Crippen molar-refractivity contribution >= 4 is 17.6 Å². The van der Waals surface area contributed by atoms with E-state index in [-0.39, 0.29) is 5.75 Å². The number of hydrogen-bond acceptors (Lipinski definition) is 5. The van der Waals surface area contributed by atoms with Gasteiger partial charge in [0.1, 0.15) is 5.75 Å². The molecule has 90 valence electrons. The molecule has 1 rings (SSSR count). The maximum absolute atomic E-state index is 11.1. The van der Waals surface area contributed by atoms with E-state index in [4.69, 9.17) is 10.2 Å². The van der Waals surface area contributed by atoms with Crippen LogP contribution < -0.4 is 5.32 Å². The summed E-state index contributed by atoms with van der Waals surface area (Å²) < 4.78 is 4.31. The quantitative estimate of drug-likeness (QED) is 0.237.